The van der Waals surface area contributed by atoms with E-state index in [2.05, 4.69) is 10.6 Å². The summed E-state index contributed by atoms with van der Waals surface area (Å²) in [5.41, 5.74) is 3.35. The van der Waals surface area contributed by atoms with Gasteiger partial charge >= 0.3 is 0 Å². The van der Waals surface area contributed by atoms with Crippen molar-refractivity contribution in [1.82, 2.24) is 4.90 Å². The lowest BCUT2D eigenvalue weighted by Crippen LogP contribution is -2.27. The van der Waals surface area contributed by atoms with Crippen molar-refractivity contribution in [1.29, 1.82) is 0 Å². The molecule has 16 heavy (non-hydrogen) atoms. The molecule has 0 unspecified atom stereocenters. The van der Waals surface area contributed by atoms with E-state index in [4.69, 9.17) is 0 Å². The van der Waals surface area contributed by atoms with Crippen LogP contribution in [0.1, 0.15) is 5.56 Å². The van der Waals surface area contributed by atoms with Crippen LogP contribution in [0.3, 0.4) is 0 Å². The van der Waals surface area contributed by atoms with Gasteiger partial charge in [0.2, 0.25) is 5.91 Å². The maximum atomic E-state index is 11.6. The first-order valence-electron chi connectivity index (χ1n) is 5.46. The number of benzene rings is 1. The molecule has 0 saturated carbocycles. The van der Waals surface area contributed by atoms with Crippen molar-refractivity contribution < 1.29 is 4.79 Å². The van der Waals surface area contributed by atoms with Crippen molar-refractivity contribution in [3.8, 4) is 0 Å². The average Bonchev–Trinajstić information content (AvgIpc) is 2.63. The summed E-state index contributed by atoms with van der Waals surface area (Å²) in [5.74, 6) is 0.0240. The van der Waals surface area contributed by atoms with Crippen molar-refractivity contribution in [2.24, 2.45) is 0 Å². The minimum atomic E-state index is 0.0240. The molecule has 0 bridgehead atoms. The van der Waals surface area contributed by atoms with Gasteiger partial charge in [0.05, 0.1) is 6.54 Å². The maximum Gasteiger partial charge on any atom is 0.238 e. The quantitative estimate of drug-likeness (QED) is 0.801. The second-order valence-corrected chi connectivity index (χ2v) is 4.33. The van der Waals surface area contributed by atoms with E-state index in [9.17, 15) is 4.79 Å². The fraction of sp³-hybridized carbons (Fsp3) is 0.417. The summed E-state index contributed by atoms with van der Waals surface area (Å²) in [4.78, 5) is 13.4. The molecule has 2 rings (SSSR count). The lowest BCUT2D eigenvalue weighted by Gasteiger charge is -2.10. The summed E-state index contributed by atoms with van der Waals surface area (Å²) in [6.07, 6.45) is 1.03. The van der Waals surface area contributed by atoms with Gasteiger partial charge in [-0.15, -0.1) is 0 Å². The monoisotopic (exact) mass is 219 g/mol. The van der Waals surface area contributed by atoms with Gasteiger partial charge in [-0.2, -0.15) is 0 Å². The fourth-order valence-corrected chi connectivity index (χ4v) is 1.87. The van der Waals surface area contributed by atoms with Gasteiger partial charge in [0.1, 0.15) is 0 Å². The van der Waals surface area contributed by atoms with Crippen LogP contribution in [0.25, 0.3) is 0 Å². The predicted molar refractivity (Wildman–Crippen MR) is 65.8 cm³/mol. The van der Waals surface area contributed by atoms with E-state index in [1.165, 1.54) is 11.3 Å². The van der Waals surface area contributed by atoms with Gasteiger partial charge in [-0.25, -0.2) is 0 Å². The Balaban J connectivity index is 2.02. The van der Waals surface area contributed by atoms with Crippen LogP contribution in [-0.4, -0.2) is 38.0 Å². The molecule has 1 aromatic rings. The lowest BCUT2D eigenvalue weighted by molar-refractivity contribution is -0.116. The molecule has 0 saturated heterocycles. The van der Waals surface area contributed by atoms with Gasteiger partial charge in [0.25, 0.3) is 0 Å². The van der Waals surface area contributed by atoms with Crippen LogP contribution in [0.15, 0.2) is 18.2 Å². The van der Waals surface area contributed by atoms with E-state index in [0.717, 1.165) is 18.7 Å². The van der Waals surface area contributed by atoms with Gasteiger partial charge in [0, 0.05) is 17.9 Å². The van der Waals surface area contributed by atoms with Crippen LogP contribution in [0, 0.1) is 0 Å². The molecule has 4 nitrogen and oxygen atoms in total. The summed E-state index contributed by atoms with van der Waals surface area (Å²) in [5, 5.41) is 6.19. The van der Waals surface area contributed by atoms with Gasteiger partial charge in [-0.3, -0.25) is 4.79 Å². The van der Waals surface area contributed by atoms with E-state index in [1.54, 1.807) is 0 Å². The molecular formula is C12H17N3O. The van der Waals surface area contributed by atoms with E-state index >= 15 is 0 Å². The topological polar surface area (TPSA) is 44.4 Å². The third kappa shape index (κ3) is 2.52. The van der Waals surface area contributed by atoms with Gasteiger partial charge in [-0.1, -0.05) is 0 Å². The van der Waals surface area contributed by atoms with Crippen LogP contribution in [0.5, 0.6) is 0 Å². The molecule has 0 spiro atoms. The van der Waals surface area contributed by atoms with Crippen LogP contribution in [0.2, 0.25) is 0 Å². The van der Waals surface area contributed by atoms with Gasteiger partial charge in [-0.05, 0) is 44.3 Å². The first-order chi connectivity index (χ1) is 7.65. The smallest absolute Gasteiger partial charge is 0.238 e. The fourth-order valence-electron chi connectivity index (χ4n) is 1.87. The Morgan fingerprint density at radius 3 is 3.06 bits per heavy atom. The molecule has 1 aromatic carbocycles. The summed E-state index contributed by atoms with van der Waals surface area (Å²) in [6, 6.07) is 6.00. The third-order valence-electron chi connectivity index (χ3n) is 2.56. The van der Waals surface area contributed by atoms with Gasteiger partial charge in [0.15, 0.2) is 0 Å². The molecule has 0 radical (unpaired) electrons. The summed E-state index contributed by atoms with van der Waals surface area (Å²) in [6.45, 7) is 1.40. The molecule has 0 atom stereocenters. The SMILES string of the molecule is CN(C)CC(=O)Nc1ccc2c(c1)CCN2. The molecule has 1 aliphatic rings. The molecular weight excluding hydrogens is 202 g/mol. The summed E-state index contributed by atoms with van der Waals surface area (Å²) >= 11 is 0. The Morgan fingerprint density at radius 1 is 1.50 bits per heavy atom. The zero-order valence-corrected chi connectivity index (χ0v) is 9.71. The standard InChI is InChI=1S/C12H17N3O/c1-15(2)8-12(16)14-10-3-4-11-9(7-10)5-6-13-11/h3-4,7,13H,5-6,8H2,1-2H3,(H,14,16). The van der Waals surface area contributed by atoms with E-state index in [-0.39, 0.29) is 5.91 Å². The molecule has 1 amide bonds. The molecule has 2 N–H and O–H groups in total. The number of amides is 1. The number of rotatable bonds is 3. The number of carbonyl (C=O) groups excluding carboxylic acids is 1. The molecule has 4 heteroatoms. The number of carbonyl (C=O) groups is 1. The Morgan fingerprint density at radius 2 is 2.31 bits per heavy atom. The Bertz CT molecular complexity index is 401. The first-order valence-corrected chi connectivity index (χ1v) is 5.46. The van der Waals surface area contributed by atoms with Crippen LogP contribution in [-0.2, 0) is 11.2 Å². The van der Waals surface area contributed by atoms with Crippen LogP contribution in [0.4, 0.5) is 11.4 Å². The lowest BCUT2D eigenvalue weighted by atomic mass is 10.1. The van der Waals surface area contributed by atoms with E-state index < -0.39 is 0 Å². The van der Waals surface area contributed by atoms with Crippen LogP contribution >= 0.6 is 0 Å². The summed E-state index contributed by atoms with van der Waals surface area (Å²) in [7, 11) is 3.76. The number of nitrogens with one attached hydrogen (secondary N) is 2. The highest BCUT2D eigenvalue weighted by Gasteiger charge is 2.11. The zero-order valence-electron chi connectivity index (χ0n) is 9.71. The Kier molecular flexibility index (Phi) is 3.10. The second-order valence-electron chi connectivity index (χ2n) is 4.33. The number of anilines is 2. The number of hydrogen-bond acceptors (Lipinski definition) is 3. The molecule has 1 aliphatic heterocycles. The Labute approximate surface area is 95.6 Å². The number of nitrogens with zero attached hydrogens (tertiary/aromatic N) is 1. The molecule has 86 valence electrons. The average molecular weight is 219 g/mol. The van der Waals surface area contributed by atoms with Crippen molar-refractivity contribution in [2.75, 3.05) is 37.8 Å². The molecule has 0 aliphatic carbocycles. The second kappa shape index (κ2) is 4.53. The predicted octanol–water partition coefficient (Wildman–Crippen LogP) is 1.15. The van der Waals surface area contributed by atoms with Crippen molar-refractivity contribution >= 4 is 17.3 Å². The van der Waals surface area contributed by atoms with Crippen molar-refractivity contribution in [3.05, 3.63) is 23.8 Å². The maximum absolute atomic E-state index is 11.6. The largest absolute Gasteiger partial charge is 0.384 e. The highest BCUT2D eigenvalue weighted by molar-refractivity contribution is 5.92. The number of likely N-dealkylation sites (N-methyl/N-ethyl adjacent to an activating group) is 1. The highest BCUT2D eigenvalue weighted by atomic mass is 16.2. The van der Waals surface area contributed by atoms with Crippen molar-refractivity contribution in [3.63, 3.8) is 0 Å². The van der Waals surface area contributed by atoms with E-state index in [0.29, 0.717) is 6.54 Å². The molecule has 1 heterocycles. The molecule has 0 aromatic heterocycles. The Hall–Kier alpha value is -1.55. The van der Waals surface area contributed by atoms with Gasteiger partial charge < -0.3 is 15.5 Å². The highest BCUT2D eigenvalue weighted by Crippen LogP contribution is 2.25. The van der Waals surface area contributed by atoms with Crippen LogP contribution < -0.4 is 10.6 Å². The number of hydrogen-bond donors (Lipinski definition) is 2. The van der Waals surface area contributed by atoms with Crippen molar-refractivity contribution in [2.45, 2.75) is 6.42 Å². The first kappa shape index (κ1) is 11.0. The molecule has 0 fully saturated rings. The summed E-state index contributed by atoms with van der Waals surface area (Å²) < 4.78 is 0. The minimum absolute atomic E-state index is 0.0240. The minimum Gasteiger partial charge on any atom is -0.384 e. The normalized spacial score (nSPS) is 13.4. The number of fused-ring (bicyclic) bond motifs is 1. The zero-order chi connectivity index (χ0) is 11.5. The van der Waals surface area contributed by atoms with E-state index in [1.807, 2.05) is 37.2 Å². The third-order valence-corrected chi connectivity index (χ3v) is 2.56.